The van der Waals surface area contributed by atoms with Crippen LogP contribution >= 0.6 is 0 Å². The first kappa shape index (κ1) is 15.9. The molecule has 12 heteroatoms. The lowest BCUT2D eigenvalue weighted by molar-refractivity contribution is -0.0317. The zero-order chi connectivity index (χ0) is 17.6. The van der Waals surface area contributed by atoms with Gasteiger partial charge in [0.15, 0.2) is 0 Å². The van der Waals surface area contributed by atoms with Crippen LogP contribution in [0.2, 0.25) is 0 Å². The molecule has 2 atom stereocenters. The molecule has 2 amide bonds. The van der Waals surface area contributed by atoms with E-state index in [4.69, 9.17) is 8.97 Å². The average molecular weight is 367 g/mol. The molecule has 0 aliphatic carbocycles. The van der Waals surface area contributed by atoms with Crippen LogP contribution in [0.1, 0.15) is 24.8 Å². The molecule has 0 aromatic carbocycles. The largest absolute Gasteiger partial charge is 0.418 e. The maximum Gasteiger partial charge on any atom is 0.418 e. The highest BCUT2D eigenvalue weighted by molar-refractivity contribution is 7.80. The predicted molar refractivity (Wildman–Crippen MR) is 79.9 cm³/mol. The molecular weight excluding hydrogens is 354 g/mol. The van der Waals surface area contributed by atoms with Crippen molar-refractivity contribution in [1.29, 1.82) is 0 Å². The van der Waals surface area contributed by atoms with Crippen LogP contribution in [0.25, 0.3) is 11.6 Å². The fraction of sp³-hybridized carbons (Fsp3) is 0.385. The molecule has 0 saturated carbocycles. The second kappa shape index (κ2) is 5.75. The summed E-state index contributed by atoms with van der Waals surface area (Å²) in [6.07, 6.45) is 2.55. The van der Waals surface area contributed by atoms with Crippen LogP contribution in [0, 0.1) is 0 Å². The van der Waals surface area contributed by atoms with E-state index in [9.17, 15) is 13.2 Å². The number of carbonyl (C=O) groups is 1. The highest BCUT2D eigenvalue weighted by Crippen LogP contribution is 2.38. The molecule has 1 N–H and O–H groups in total. The zero-order valence-electron chi connectivity index (χ0n) is 12.7. The fourth-order valence-electron chi connectivity index (χ4n) is 3.05. The molecule has 2 bridgehead atoms. The molecule has 4 heterocycles. The van der Waals surface area contributed by atoms with Crippen molar-refractivity contribution in [3.05, 3.63) is 30.3 Å². The quantitative estimate of drug-likeness (QED) is 0.777. The van der Waals surface area contributed by atoms with Gasteiger partial charge in [0, 0.05) is 12.7 Å². The molecule has 2 aromatic heterocycles. The minimum Gasteiger partial charge on any atom is -0.417 e. The van der Waals surface area contributed by atoms with Crippen LogP contribution < -0.4 is 0 Å². The SMILES string of the molecule is O=C1N2C[C@H](CC[C@@H]2c2nnc(-c3ccccn3)o2)N1OS(=O)(=O)O. The van der Waals surface area contributed by atoms with Gasteiger partial charge in [0.2, 0.25) is 5.89 Å². The Morgan fingerprint density at radius 2 is 2.12 bits per heavy atom. The molecule has 4 rings (SSSR count). The second-order valence-corrected chi connectivity index (χ2v) is 6.67. The van der Waals surface area contributed by atoms with Gasteiger partial charge in [0.25, 0.3) is 5.89 Å². The Labute approximate surface area is 142 Å². The summed E-state index contributed by atoms with van der Waals surface area (Å²) in [6, 6.07) is 3.62. The van der Waals surface area contributed by atoms with Gasteiger partial charge < -0.3 is 9.32 Å². The van der Waals surface area contributed by atoms with E-state index in [2.05, 4.69) is 19.5 Å². The Hall–Kier alpha value is -2.57. The van der Waals surface area contributed by atoms with Gasteiger partial charge in [-0.3, -0.25) is 9.54 Å². The number of nitrogens with zero attached hydrogens (tertiary/aromatic N) is 5. The van der Waals surface area contributed by atoms with E-state index >= 15 is 0 Å². The number of pyridine rings is 1. The van der Waals surface area contributed by atoms with E-state index in [0.29, 0.717) is 23.6 Å². The Bertz CT molecular complexity index is 901. The van der Waals surface area contributed by atoms with Crippen molar-refractivity contribution in [3.8, 4) is 11.6 Å². The molecule has 132 valence electrons. The van der Waals surface area contributed by atoms with Crippen molar-refractivity contribution in [2.45, 2.75) is 24.9 Å². The van der Waals surface area contributed by atoms with Crippen LogP contribution in [0.15, 0.2) is 28.8 Å². The van der Waals surface area contributed by atoms with Gasteiger partial charge in [-0.15, -0.1) is 14.5 Å². The molecule has 0 unspecified atom stereocenters. The van der Waals surface area contributed by atoms with Gasteiger partial charge in [0.05, 0.1) is 6.04 Å². The van der Waals surface area contributed by atoms with Gasteiger partial charge in [-0.2, -0.15) is 13.5 Å². The molecule has 0 radical (unpaired) electrons. The summed E-state index contributed by atoms with van der Waals surface area (Å²) in [4.78, 5) is 17.9. The van der Waals surface area contributed by atoms with Crippen LogP contribution in [-0.2, 0) is 14.7 Å². The maximum absolute atomic E-state index is 12.4. The lowest BCUT2D eigenvalue weighted by Crippen LogP contribution is -2.35. The summed E-state index contributed by atoms with van der Waals surface area (Å²) >= 11 is 0. The number of carbonyl (C=O) groups excluding carboxylic acids is 1. The summed E-state index contributed by atoms with van der Waals surface area (Å²) in [5, 5.41) is 8.61. The first-order valence-corrected chi connectivity index (χ1v) is 8.80. The molecule has 2 aromatic rings. The standard InChI is InChI=1S/C13H13N5O6S/c19-13-17-7-8(18(13)24-25(20,21)22)4-5-10(17)12-16-15-11(23-12)9-3-1-2-6-14-9/h1-3,6,8,10H,4-5,7H2,(H,20,21,22)/t8-,10+/m0/s1. The monoisotopic (exact) mass is 367 g/mol. The lowest BCUT2D eigenvalue weighted by Gasteiger charge is -2.27. The van der Waals surface area contributed by atoms with E-state index in [1.807, 2.05) is 0 Å². The Kier molecular flexibility index (Phi) is 3.67. The van der Waals surface area contributed by atoms with Crippen molar-refractivity contribution in [1.82, 2.24) is 25.1 Å². The number of hydroxylamine groups is 2. The Balaban J connectivity index is 1.57. The number of hydrogen-bond acceptors (Lipinski definition) is 8. The van der Waals surface area contributed by atoms with Crippen molar-refractivity contribution >= 4 is 16.4 Å². The minimum atomic E-state index is -4.77. The molecule has 2 saturated heterocycles. The Morgan fingerprint density at radius 1 is 1.28 bits per heavy atom. The summed E-state index contributed by atoms with van der Waals surface area (Å²) < 4.78 is 40.6. The molecule has 2 aliphatic rings. The van der Waals surface area contributed by atoms with Crippen LogP contribution in [-0.4, -0.2) is 56.7 Å². The number of fused-ring (bicyclic) bond motifs is 2. The van der Waals surface area contributed by atoms with E-state index in [-0.39, 0.29) is 18.3 Å². The minimum absolute atomic E-state index is 0.232. The molecule has 0 spiro atoms. The number of aromatic nitrogens is 3. The van der Waals surface area contributed by atoms with E-state index in [1.165, 1.54) is 4.90 Å². The third-order valence-corrected chi connectivity index (χ3v) is 4.46. The normalized spacial score (nSPS) is 23.3. The molecule has 2 fully saturated rings. The number of rotatable bonds is 4. The van der Waals surface area contributed by atoms with E-state index in [0.717, 1.165) is 0 Å². The third kappa shape index (κ3) is 2.94. The number of piperidine rings is 1. The number of amides is 2. The van der Waals surface area contributed by atoms with Gasteiger partial charge in [-0.1, -0.05) is 6.07 Å². The average Bonchev–Trinajstić information content (AvgIpc) is 3.16. The topological polar surface area (TPSA) is 139 Å². The van der Waals surface area contributed by atoms with E-state index < -0.39 is 28.5 Å². The Morgan fingerprint density at radius 3 is 2.84 bits per heavy atom. The highest BCUT2D eigenvalue weighted by Gasteiger charge is 2.49. The zero-order valence-corrected chi connectivity index (χ0v) is 13.5. The lowest BCUT2D eigenvalue weighted by atomic mass is 10.0. The summed E-state index contributed by atoms with van der Waals surface area (Å²) in [6.45, 7) is 0.236. The second-order valence-electron chi connectivity index (χ2n) is 5.67. The summed E-state index contributed by atoms with van der Waals surface area (Å²) in [5.74, 6) is 0.469. The first-order chi connectivity index (χ1) is 11.9. The van der Waals surface area contributed by atoms with E-state index in [1.54, 1.807) is 24.4 Å². The summed E-state index contributed by atoms with van der Waals surface area (Å²) in [5.41, 5.74) is 0.513. The van der Waals surface area contributed by atoms with Crippen molar-refractivity contribution in [3.63, 3.8) is 0 Å². The first-order valence-electron chi connectivity index (χ1n) is 7.44. The highest BCUT2D eigenvalue weighted by atomic mass is 32.3. The van der Waals surface area contributed by atoms with Gasteiger partial charge in [-0.05, 0) is 25.0 Å². The van der Waals surface area contributed by atoms with Gasteiger partial charge >= 0.3 is 16.4 Å². The van der Waals surface area contributed by atoms with Crippen LogP contribution in [0.5, 0.6) is 0 Å². The third-order valence-electron chi connectivity index (χ3n) is 4.11. The molecule has 25 heavy (non-hydrogen) atoms. The molecular formula is C13H13N5O6S. The smallest absolute Gasteiger partial charge is 0.417 e. The number of urea groups is 1. The van der Waals surface area contributed by atoms with Crippen molar-refractivity contribution in [2.24, 2.45) is 0 Å². The van der Waals surface area contributed by atoms with Crippen LogP contribution in [0.3, 0.4) is 0 Å². The predicted octanol–water partition coefficient (Wildman–Crippen LogP) is 0.807. The van der Waals surface area contributed by atoms with Gasteiger partial charge in [0.1, 0.15) is 11.7 Å². The van der Waals surface area contributed by atoms with Crippen molar-refractivity contribution in [2.75, 3.05) is 6.54 Å². The van der Waals surface area contributed by atoms with Gasteiger partial charge in [-0.25, -0.2) is 4.79 Å². The molecule has 11 nitrogen and oxygen atoms in total. The van der Waals surface area contributed by atoms with Crippen molar-refractivity contribution < 1.29 is 26.5 Å². The summed E-state index contributed by atoms with van der Waals surface area (Å²) in [7, 11) is -4.77. The maximum atomic E-state index is 12.4. The molecule has 2 aliphatic heterocycles. The fourth-order valence-corrected chi connectivity index (χ4v) is 3.44. The number of hydrogen-bond donors (Lipinski definition) is 1. The van der Waals surface area contributed by atoms with Crippen LogP contribution in [0.4, 0.5) is 4.79 Å².